The molecule has 17 heavy (non-hydrogen) atoms. The van der Waals surface area contributed by atoms with Crippen molar-refractivity contribution in [3.8, 4) is 5.75 Å². The van der Waals surface area contributed by atoms with Gasteiger partial charge < -0.3 is 14.3 Å². The van der Waals surface area contributed by atoms with Gasteiger partial charge in [0.2, 0.25) is 0 Å². The quantitative estimate of drug-likeness (QED) is 0.751. The fourth-order valence-electron chi connectivity index (χ4n) is 1.88. The second kappa shape index (κ2) is 5.82. The minimum absolute atomic E-state index is 0.0602. The highest BCUT2D eigenvalue weighted by molar-refractivity contribution is 5.61. The van der Waals surface area contributed by atoms with Gasteiger partial charge in [-0.3, -0.25) is 0 Å². The Morgan fingerprint density at radius 1 is 1.35 bits per heavy atom. The maximum Gasteiger partial charge on any atom is 0.199 e. The number of carbonyl (C=O) groups is 1. The van der Waals surface area contributed by atoms with Gasteiger partial charge in [-0.25, -0.2) is 0 Å². The third kappa shape index (κ3) is 3.30. The van der Waals surface area contributed by atoms with Crippen molar-refractivity contribution in [2.24, 2.45) is 0 Å². The topological polar surface area (TPSA) is 35.5 Å². The van der Waals surface area contributed by atoms with E-state index in [1.807, 2.05) is 31.2 Å². The van der Waals surface area contributed by atoms with Crippen LogP contribution in [0.15, 0.2) is 24.3 Å². The summed E-state index contributed by atoms with van der Waals surface area (Å²) in [7, 11) is 0. The van der Waals surface area contributed by atoms with E-state index in [4.69, 9.17) is 9.47 Å². The Morgan fingerprint density at radius 2 is 2.12 bits per heavy atom. The van der Waals surface area contributed by atoms with Gasteiger partial charge in [-0.15, -0.1) is 0 Å². The molecule has 0 spiro atoms. The summed E-state index contributed by atoms with van der Waals surface area (Å²) in [5.74, 6) is 0.744. The summed E-state index contributed by atoms with van der Waals surface area (Å²) in [5.41, 5.74) is 1.01. The lowest BCUT2D eigenvalue weighted by atomic mass is 10.0. The van der Waals surface area contributed by atoms with E-state index in [1.165, 1.54) is 0 Å². The van der Waals surface area contributed by atoms with E-state index in [1.54, 1.807) is 0 Å². The largest absolute Gasteiger partial charge is 0.465 e. The standard InChI is InChI=1S/C14H18O3/c1-11(10-15)12-5-7-13(8-6-12)17-14-4-2-3-9-16-14/h5-8,10-11,14H,2-4,9H2,1H3. The summed E-state index contributed by atoms with van der Waals surface area (Å²) in [4.78, 5) is 10.7. The second-order valence-corrected chi connectivity index (χ2v) is 4.41. The van der Waals surface area contributed by atoms with E-state index in [-0.39, 0.29) is 12.2 Å². The molecule has 0 aromatic heterocycles. The van der Waals surface area contributed by atoms with Crippen LogP contribution in [-0.2, 0) is 9.53 Å². The van der Waals surface area contributed by atoms with Crippen LogP contribution < -0.4 is 4.74 Å². The van der Waals surface area contributed by atoms with Crippen LogP contribution in [0.2, 0.25) is 0 Å². The number of rotatable bonds is 4. The van der Waals surface area contributed by atoms with Crippen LogP contribution in [0.5, 0.6) is 5.75 Å². The zero-order valence-electron chi connectivity index (χ0n) is 10.1. The van der Waals surface area contributed by atoms with Crippen molar-refractivity contribution >= 4 is 6.29 Å². The molecule has 0 amide bonds. The molecule has 92 valence electrons. The lowest BCUT2D eigenvalue weighted by molar-refractivity contribution is -0.108. The Hall–Kier alpha value is -1.35. The number of hydrogen-bond donors (Lipinski definition) is 0. The Bertz CT molecular complexity index is 352. The van der Waals surface area contributed by atoms with E-state index in [0.717, 1.165) is 43.5 Å². The van der Waals surface area contributed by atoms with Crippen molar-refractivity contribution in [3.05, 3.63) is 29.8 Å². The van der Waals surface area contributed by atoms with Crippen molar-refractivity contribution in [1.29, 1.82) is 0 Å². The maximum atomic E-state index is 10.7. The van der Waals surface area contributed by atoms with Crippen LogP contribution in [-0.4, -0.2) is 19.2 Å². The average molecular weight is 234 g/mol. The molecule has 2 atom stereocenters. The molecule has 0 N–H and O–H groups in total. The molecule has 2 rings (SSSR count). The first-order chi connectivity index (χ1) is 8.29. The molecule has 3 nitrogen and oxygen atoms in total. The van der Waals surface area contributed by atoms with Crippen LogP contribution in [0, 0.1) is 0 Å². The monoisotopic (exact) mass is 234 g/mol. The second-order valence-electron chi connectivity index (χ2n) is 4.41. The Morgan fingerprint density at radius 3 is 2.71 bits per heavy atom. The van der Waals surface area contributed by atoms with Crippen LogP contribution in [0.4, 0.5) is 0 Å². The fraction of sp³-hybridized carbons (Fsp3) is 0.500. The SMILES string of the molecule is CC(C=O)c1ccc(OC2CCCCO2)cc1. The predicted molar refractivity (Wildman–Crippen MR) is 65.1 cm³/mol. The van der Waals surface area contributed by atoms with Crippen molar-refractivity contribution in [3.63, 3.8) is 0 Å². The summed E-state index contributed by atoms with van der Waals surface area (Å²) < 4.78 is 11.2. The Labute approximate surface area is 102 Å². The normalized spacial score (nSPS) is 21.8. The fourth-order valence-corrected chi connectivity index (χ4v) is 1.88. The zero-order chi connectivity index (χ0) is 12.1. The molecule has 1 aromatic carbocycles. The van der Waals surface area contributed by atoms with Crippen molar-refractivity contribution in [2.45, 2.75) is 38.4 Å². The third-order valence-corrected chi connectivity index (χ3v) is 3.02. The maximum absolute atomic E-state index is 10.7. The highest BCUT2D eigenvalue weighted by Crippen LogP contribution is 2.21. The summed E-state index contributed by atoms with van der Waals surface area (Å²) in [6.45, 7) is 2.66. The molecular formula is C14H18O3. The lowest BCUT2D eigenvalue weighted by Gasteiger charge is -2.23. The van der Waals surface area contributed by atoms with Gasteiger partial charge in [-0.2, -0.15) is 0 Å². The van der Waals surface area contributed by atoms with Crippen LogP contribution >= 0.6 is 0 Å². The lowest BCUT2D eigenvalue weighted by Crippen LogP contribution is -2.24. The molecule has 0 bridgehead atoms. The van der Waals surface area contributed by atoms with E-state index in [0.29, 0.717) is 0 Å². The molecule has 1 fully saturated rings. The Kier molecular flexibility index (Phi) is 4.15. The smallest absolute Gasteiger partial charge is 0.199 e. The first-order valence-electron chi connectivity index (χ1n) is 6.13. The number of carbonyl (C=O) groups excluding carboxylic acids is 1. The molecule has 1 aliphatic heterocycles. The van der Waals surface area contributed by atoms with E-state index >= 15 is 0 Å². The number of ether oxygens (including phenoxy) is 2. The summed E-state index contributed by atoms with van der Waals surface area (Å²) in [6, 6.07) is 7.65. The number of hydrogen-bond acceptors (Lipinski definition) is 3. The average Bonchev–Trinajstić information content (AvgIpc) is 2.40. The molecule has 1 heterocycles. The molecule has 1 aliphatic rings. The highest BCUT2D eigenvalue weighted by atomic mass is 16.7. The van der Waals surface area contributed by atoms with E-state index < -0.39 is 0 Å². The highest BCUT2D eigenvalue weighted by Gasteiger charge is 2.15. The summed E-state index contributed by atoms with van der Waals surface area (Å²) in [5, 5.41) is 0. The predicted octanol–water partition coefficient (Wildman–Crippen LogP) is 2.89. The van der Waals surface area contributed by atoms with E-state index in [9.17, 15) is 4.79 Å². The van der Waals surface area contributed by atoms with Crippen LogP contribution in [0.25, 0.3) is 0 Å². The van der Waals surface area contributed by atoms with Gasteiger partial charge >= 0.3 is 0 Å². The molecule has 2 unspecified atom stereocenters. The van der Waals surface area contributed by atoms with Gasteiger partial charge in [-0.05, 0) is 30.5 Å². The number of benzene rings is 1. The van der Waals surface area contributed by atoms with Crippen LogP contribution in [0.1, 0.15) is 37.7 Å². The first-order valence-corrected chi connectivity index (χ1v) is 6.13. The van der Waals surface area contributed by atoms with Gasteiger partial charge in [0.25, 0.3) is 0 Å². The van der Waals surface area contributed by atoms with Gasteiger partial charge in [0, 0.05) is 12.3 Å². The molecule has 0 aliphatic carbocycles. The molecule has 1 aromatic rings. The molecule has 0 radical (unpaired) electrons. The van der Waals surface area contributed by atoms with Crippen molar-refractivity contribution < 1.29 is 14.3 Å². The van der Waals surface area contributed by atoms with Gasteiger partial charge in [0.15, 0.2) is 6.29 Å². The molecule has 0 saturated carbocycles. The van der Waals surface area contributed by atoms with E-state index in [2.05, 4.69) is 0 Å². The van der Waals surface area contributed by atoms with Gasteiger partial charge in [0.1, 0.15) is 12.0 Å². The molecule has 1 saturated heterocycles. The van der Waals surface area contributed by atoms with Gasteiger partial charge in [-0.1, -0.05) is 19.1 Å². The zero-order valence-corrected chi connectivity index (χ0v) is 10.1. The van der Waals surface area contributed by atoms with Crippen LogP contribution in [0.3, 0.4) is 0 Å². The third-order valence-electron chi connectivity index (χ3n) is 3.02. The number of aldehydes is 1. The van der Waals surface area contributed by atoms with Crippen molar-refractivity contribution in [1.82, 2.24) is 0 Å². The summed E-state index contributed by atoms with van der Waals surface area (Å²) >= 11 is 0. The summed E-state index contributed by atoms with van der Waals surface area (Å²) in [6.07, 6.45) is 4.06. The minimum atomic E-state index is -0.113. The first kappa shape index (κ1) is 12.1. The molecule has 3 heteroatoms. The van der Waals surface area contributed by atoms with Gasteiger partial charge in [0.05, 0.1) is 6.61 Å². The minimum Gasteiger partial charge on any atom is -0.465 e. The molecular weight excluding hydrogens is 216 g/mol. The van der Waals surface area contributed by atoms with Crippen molar-refractivity contribution in [2.75, 3.05) is 6.61 Å². The Balaban J connectivity index is 1.95.